The fourth-order valence-electron chi connectivity index (χ4n) is 6.00. The van der Waals surface area contributed by atoms with Gasteiger partial charge >= 0.3 is 6.18 Å². The van der Waals surface area contributed by atoms with Gasteiger partial charge in [-0.1, -0.05) is 68.5 Å². The largest absolute Gasteiger partial charge is 0.401 e. The van der Waals surface area contributed by atoms with Gasteiger partial charge in [-0.3, -0.25) is 13.9 Å². The molecule has 2 aromatic carbocycles. The summed E-state index contributed by atoms with van der Waals surface area (Å²) in [5, 5.41) is 5.41. The van der Waals surface area contributed by atoms with Crippen molar-refractivity contribution in [2.45, 2.75) is 70.1 Å². The minimum absolute atomic E-state index is 0.00754. The highest BCUT2D eigenvalue weighted by Crippen LogP contribution is 2.39. The van der Waals surface area contributed by atoms with Gasteiger partial charge in [0.05, 0.1) is 17.1 Å². The highest BCUT2D eigenvalue weighted by molar-refractivity contribution is 7.85. The molecule has 40 heavy (non-hydrogen) atoms. The minimum atomic E-state index is -4.26. The monoisotopic (exact) mass is 591 g/mol. The molecule has 0 atom stereocenters. The summed E-state index contributed by atoms with van der Waals surface area (Å²) in [5.41, 5.74) is 2.73. The first kappa shape index (κ1) is 29.2. The zero-order valence-corrected chi connectivity index (χ0v) is 24.4. The van der Waals surface area contributed by atoms with Gasteiger partial charge in [0.15, 0.2) is 5.01 Å². The zero-order valence-electron chi connectivity index (χ0n) is 22.8. The molecule has 2 heterocycles. The van der Waals surface area contributed by atoms with E-state index in [1.807, 2.05) is 36.4 Å². The van der Waals surface area contributed by atoms with E-state index in [-0.39, 0.29) is 18.5 Å². The molecule has 3 aromatic rings. The number of aromatic nitrogens is 1. The van der Waals surface area contributed by atoms with Crippen LogP contribution in [0.5, 0.6) is 0 Å². The van der Waals surface area contributed by atoms with E-state index in [9.17, 15) is 22.2 Å². The lowest BCUT2D eigenvalue weighted by atomic mass is 9.85. The molecule has 0 unspecified atom stereocenters. The van der Waals surface area contributed by atoms with Crippen LogP contribution < -0.4 is 5.32 Å². The number of fused-ring (bicyclic) bond motifs is 1. The number of carbonyl (C=O) groups is 1. The number of alkyl halides is 3. The first-order valence-electron chi connectivity index (χ1n) is 14.1. The summed E-state index contributed by atoms with van der Waals surface area (Å²) in [4.78, 5) is 20.4. The van der Waals surface area contributed by atoms with Crippen LogP contribution in [0.3, 0.4) is 0 Å². The van der Waals surface area contributed by atoms with Crippen LogP contribution in [0.2, 0.25) is 0 Å². The van der Waals surface area contributed by atoms with Crippen LogP contribution in [0.4, 0.5) is 13.2 Å². The van der Waals surface area contributed by atoms with E-state index in [0.717, 1.165) is 51.7 Å². The van der Waals surface area contributed by atoms with E-state index in [1.54, 1.807) is 0 Å². The van der Waals surface area contributed by atoms with Gasteiger partial charge < -0.3 is 5.32 Å². The molecule has 1 N–H and O–H groups in total. The average Bonchev–Trinajstić information content (AvgIpc) is 3.33. The van der Waals surface area contributed by atoms with Crippen LogP contribution in [-0.2, 0) is 23.8 Å². The fraction of sp³-hybridized carbons (Fsp3) is 0.533. The molecule has 1 amide bonds. The molecule has 0 radical (unpaired) electrons. The van der Waals surface area contributed by atoms with E-state index >= 15 is 0 Å². The molecular weight excluding hydrogens is 555 g/mol. The van der Waals surface area contributed by atoms with Crippen molar-refractivity contribution in [3.63, 3.8) is 0 Å². The maximum absolute atomic E-state index is 13.3. The summed E-state index contributed by atoms with van der Waals surface area (Å²) in [6.45, 7) is -0.795. The molecule has 0 bridgehead atoms. The van der Waals surface area contributed by atoms with Gasteiger partial charge in [0.1, 0.15) is 0 Å². The summed E-state index contributed by atoms with van der Waals surface area (Å²) in [6, 6.07) is 11.7. The Morgan fingerprint density at radius 2 is 1.75 bits per heavy atom. The standard InChI is InChI=1S/C30H36F3N3O2S2/c1-36(19-30(31,32)33)18-21-11-12-25(24-10-6-5-9-23(21)24)27-26(17-20-7-3-2-4-8-20)35-29(39-27)28(37)34-22-13-15-40(38)16-14-22/h5-6,9-12,20,22H,2-4,7-8,13-19H2,1H3,(H,34,37). The maximum Gasteiger partial charge on any atom is 0.401 e. The summed E-state index contributed by atoms with van der Waals surface area (Å²) in [7, 11) is 0.686. The third-order valence-electron chi connectivity index (χ3n) is 7.97. The lowest BCUT2D eigenvalue weighted by molar-refractivity contribution is -0.143. The molecule has 0 spiro atoms. The molecule has 2 fully saturated rings. The Balaban J connectivity index is 1.48. The lowest BCUT2D eigenvalue weighted by Gasteiger charge is -2.22. The van der Waals surface area contributed by atoms with Gasteiger partial charge in [-0.25, -0.2) is 4.98 Å². The van der Waals surface area contributed by atoms with Crippen molar-refractivity contribution in [1.29, 1.82) is 0 Å². The predicted molar refractivity (Wildman–Crippen MR) is 156 cm³/mol. The molecule has 1 saturated carbocycles. The molecule has 2 aliphatic rings. The van der Waals surface area contributed by atoms with Crippen molar-refractivity contribution in [2.75, 3.05) is 25.1 Å². The van der Waals surface area contributed by atoms with Crippen molar-refractivity contribution in [3.8, 4) is 10.4 Å². The number of hydrogen-bond acceptors (Lipinski definition) is 5. The van der Waals surface area contributed by atoms with Gasteiger partial charge in [0, 0.05) is 40.5 Å². The van der Waals surface area contributed by atoms with Crippen LogP contribution in [0.25, 0.3) is 21.2 Å². The number of amides is 1. The van der Waals surface area contributed by atoms with Gasteiger partial charge in [-0.15, -0.1) is 11.3 Å². The second-order valence-electron chi connectivity index (χ2n) is 11.2. The van der Waals surface area contributed by atoms with Gasteiger partial charge in [0.25, 0.3) is 5.91 Å². The van der Waals surface area contributed by atoms with Crippen LogP contribution in [0, 0.1) is 5.92 Å². The predicted octanol–water partition coefficient (Wildman–Crippen LogP) is 6.72. The number of nitrogens with one attached hydrogen (secondary N) is 1. The topological polar surface area (TPSA) is 62.3 Å². The summed E-state index contributed by atoms with van der Waals surface area (Å²) < 4.78 is 50.7. The highest BCUT2D eigenvalue weighted by Gasteiger charge is 2.30. The highest BCUT2D eigenvalue weighted by atomic mass is 32.2. The number of hydrogen-bond donors (Lipinski definition) is 1. The Morgan fingerprint density at radius 3 is 2.45 bits per heavy atom. The first-order chi connectivity index (χ1) is 19.2. The number of halogens is 3. The van der Waals surface area contributed by atoms with E-state index < -0.39 is 23.5 Å². The minimum Gasteiger partial charge on any atom is -0.347 e. The Morgan fingerprint density at radius 1 is 1.05 bits per heavy atom. The Hall–Kier alpha value is -2.30. The molecule has 10 heteroatoms. The Bertz CT molecular complexity index is 1360. The summed E-state index contributed by atoms with van der Waals surface area (Å²) >= 11 is 1.40. The molecule has 5 rings (SSSR count). The third-order valence-corrected chi connectivity index (χ3v) is 10.5. The van der Waals surface area contributed by atoms with E-state index in [2.05, 4.69) is 5.32 Å². The number of benzene rings is 2. The van der Waals surface area contributed by atoms with Gasteiger partial charge in [-0.2, -0.15) is 13.2 Å². The van der Waals surface area contributed by atoms with Crippen molar-refractivity contribution >= 4 is 38.8 Å². The van der Waals surface area contributed by atoms with E-state index in [1.165, 1.54) is 42.5 Å². The normalized spacial score (nSPS) is 20.7. The van der Waals surface area contributed by atoms with Gasteiger partial charge in [0.2, 0.25) is 0 Å². The molecule has 1 aliphatic heterocycles. The number of rotatable bonds is 8. The van der Waals surface area contributed by atoms with E-state index in [0.29, 0.717) is 35.3 Å². The molecular formula is C30H36F3N3O2S2. The SMILES string of the molecule is CN(Cc1ccc(-c2sc(C(=O)NC3CCS(=O)CC3)nc2CC2CCCCC2)c2ccccc12)CC(F)(F)F. The van der Waals surface area contributed by atoms with Crippen molar-refractivity contribution < 1.29 is 22.2 Å². The molecule has 1 aromatic heterocycles. The van der Waals surface area contributed by atoms with Crippen LogP contribution in [0.1, 0.15) is 66.0 Å². The lowest BCUT2D eigenvalue weighted by Crippen LogP contribution is -2.39. The molecule has 1 aliphatic carbocycles. The summed E-state index contributed by atoms with van der Waals surface area (Å²) in [5.74, 6) is 1.56. The first-order valence-corrected chi connectivity index (χ1v) is 16.4. The number of carbonyl (C=O) groups excluding carboxylic acids is 1. The Kier molecular flexibility index (Phi) is 9.27. The maximum atomic E-state index is 13.3. The Labute approximate surface area is 240 Å². The van der Waals surface area contributed by atoms with E-state index in [4.69, 9.17) is 4.98 Å². The van der Waals surface area contributed by atoms with Crippen molar-refractivity contribution in [3.05, 3.63) is 52.7 Å². The van der Waals surface area contributed by atoms with Crippen LogP contribution in [0.15, 0.2) is 36.4 Å². The molecule has 5 nitrogen and oxygen atoms in total. The number of nitrogens with zero attached hydrogens (tertiary/aromatic N) is 2. The fourth-order valence-corrected chi connectivity index (χ4v) is 8.33. The third kappa shape index (κ3) is 7.31. The van der Waals surface area contributed by atoms with Crippen molar-refractivity contribution in [2.24, 2.45) is 5.92 Å². The van der Waals surface area contributed by atoms with Gasteiger partial charge in [-0.05, 0) is 48.6 Å². The summed E-state index contributed by atoms with van der Waals surface area (Å²) in [6.07, 6.45) is 3.97. The quantitative estimate of drug-likeness (QED) is 0.316. The van der Waals surface area contributed by atoms with Crippen LogP contribution >= 0.6 is 11.3 Å². The second-order valence-corrected chi connectivity index (χ2v) is 13.9. The smallest absolute Gasteiger partial charge is 0.347 e. The number of thiazole rings is 1. The average molecular weight is 592 g/mol. The molecule has 216 valence electrons. The van der Waals surface area contributed by atoms with Crippen molar-refractivity contribution in [1.82, 2.24) is 15.2 Å². The second kappa shape index (κ2) is 12.7. The zero-order chi connectivity index (χ0) is 28.3. The van der Waals surface area contributed by atoms with Crippen LogP contribution in [-0.4, -0.2) is 57.3 Å². The molecule has 1 saturated heterocycles.